The molecule has 3 rings (SSSR count). The predicted octanol–water partition coefficient (Wildman–Crippen LogP) is -3.07. The highest BCUT2D eigenvalue weighted by molar-refractivity contribution is 5.96. The number of aliphatic hydroxyl groups excluding tert-OH is 7. The lowest BCUT2D eigenvalue weighted by atomic mass is 9.91. The van der Waals surface area contributed by atoms with E-state index in [0.29, 0.717) is 5.56 Å². The Kier molecular flexibility index (Phi) is 8.10. The van der Waals surface area contributed by atoms with Crippen LogP contribution in [0.1, 0.15) is 16.8 Å². The molecule has 0 spiro atoms. The molecular formula is C20H28O11. The molecule has 0 radical (unpaired) electrons. The Morgan fingerprint density at radius 3 is 2.00 bits per heavy atom. The zero-order valence-corrected chi connectivity index (χ0v) is 16.5. The fourth-order valence-electron chi connectivity index (χ4n) is 3.76. The van der Waals surface area contributed by atoms with Crippen LogP contribution in [0.15, 0.2) is 30.3 Å². The van der Waals surface area contributed by atoms with E-state index < -0.39 is 74.4 Å². The lowest BCUT2D eigenvalue weighted by molar-refractivity contribution is -0.341. The maximum Gasteiger partial charge on any atom is 0.187 e. The highest BCUT2D eigenvalue weighted by atomic mass is 16.7. The van der Waals surface area contributed by atoms with Crippen molar-refractivity contribution < 1.29 is 54.8 Å². The number of hydrogen-bond acceptors (Lipinski definition) is 11. The third kappa shape index (κ3) is 5.12. The van der Waals surface area contributed by atoms with Gasteiger partial charge in [-0.15, -0.1) is 0 Å². The first-order chi connectivity index (χ1) is 14.8. The van der Waals surface area contributed by atoms with Crippen LogP contribution < -0.4 is 0 Å². The van der Waals surface area contributed by atoms with Crippen LogP contribution in [0.2, 0.25) is 0 Å². The molecule has 0 unspecified atom stereocenters. The fourth-order valence-corrected chi connectivity index (χ4v) is 3.76. The first-order valence-corrected chi connectivity index (χ1v) is 9.95. The number of Topliss-reactive ketones (excluding diaryl/α,β-unsaturated/α-hetero) is 1. The Morgan fingerprint density at radius 2 is 1.39 bits per heavy atom. The number of ketones is 1. The average molecular weight is 444 g/mol. The molecule has 11 heteroatoms. The van der Waals surface area contributed by atoms with Crippen molar-refractivity contribution in [2.45, 2.75) is 67.6 Å². The molecule has 2 saturated heterocycles. The summed E-state index contributed by atoms with van der Waals surface area (Å²) in [5, 5.41) is 69.9. The average Bonchev–Trinajstić information content (AvgIpc) is 2.79. The van der Waals surface area contributed by atoms with Crippen molar-refractivity contribution in [1.82, 2.24) is 0 Å². The second-order valence-corrected chi connectivity index (χ2v) is 7.67. The van der Waals surface area contributed by atoms with E-state index in [-0.39, 0.29) is 12.2 Å². The molecule has 0 saturated carbocycles. The number of ether oxygens (including phenoxy) is 3. The van der Waals surface area contributed by atoms with Crippen LogP contribution in [-0.2, 0) is 14.2 Å². The van der Waals surface area contributed by atoms with Crippen LogP contribution in [0.3, 0.4) is 0 Å². The summed E-state index contributed by atoms with van der Waals surface area (Å²) in [7, 11) is 0. The van der Waals surface area contributed by atoms with Gasteiger partial charge in [0.25, 0.3) is 0 Å². The third-order valence-electron chi connectivity index (χ3n) is 5.59. The molecule has 2 heterocycles. The van der Waals surface area contributed by atoms with E-state index in [9.17, 15) is 40.5 Å². The van der Waals surface area contributed by atoms with E-state index in [0.717, 1.165) is 0 Å². The van der Waals surface area contributed by atoms with E-state index >= 15 is 0 Å². The Bertz CT molecular complexity index is 712. The molecule has 2 aliphatic rings. The predicted molar refractivity (Wildman–Crippen MR) is 102 cm³/mol. The second-order valence-electron chi connectivity index (χ2n) is 7.67. The van der Waals surface area contributed by atoms with Crippen molar-refractivity contribution in [2.75, 3.05) is 13.2 Å². The smallest absolute Gasteiger partial charge is 0.187 e. The van der Waals surface area contributed by atoms with Crippen LogP contribution in [-0.4, -0.2) is 116 Å². The van der Waals surface area contributed by atoms with Crippen LogP contribution in [0.5, 0.6) is 0 Å². The van der Waals surface area contributed by atoms with Crippen molar-refractivity contribution in [1.29, 1.82) is 0 Å². The molecule has 7 N–H and O–H groups in total. The molecule has 10 atom stereocenters. The lowest BCUT2D eigenvalue weighted by Crippen LogP contribution is -2.64. The van der Waals surface area contributed by atoms with Gasteiger partial charge in [-0.05, 0) is 0 Å². The zero-order valence-electron chi connectivity index (χ0n) is 16.5. The normalized spacial score (nSPS) is 41.1. The fraction of sp³-hybridized carbons (Fsp3) is 0.650. The number of carbonyl (C=O) groups is 1. The molecule has 31 heavy (non-hydrogen) atoms. The van der Waals surface area contributed by atoms with Gasteiger partial charge in [-0.1, -0.05) is 30.3 Å². The van der Waals surface area contributed by atoms with E-state index in [4.69, 9.17) is 14.2 Å². The SMILES string of the molecule is O=C(C[C@@H]1O[C@H](CO)[C@@H](O[C@H]2O[C@H](CO)[C@@H](O)[C@H](O)[C@H]2O)[C@H](O)[C@H]1O)c1ccccc1. The highest BCUT2D eigenvalue weighted by Crippen LogP contribution is 2.30. The molecule has 0 aromatic heterocycles. The largest absolute Gasteiger partial charge is 0.394 e. The summed E-state index contributed by atoms with van der Waals surface area (Å²) >= 11 is 0. The number of carbonyl (C=O) groups excluding carboxylic acids is 1. The second kappa shape index (κ2) is 10.4. The molecule has 0 aliphatic carbocycles. The zero-order chi connectivity index (χ0) is 22.7. The van der Waals surface area contributed by atoms with Gasteiger partial charge in [0, 0.05) is 12.0 Å². The number of aliphatic hydroxyl groups is 7. The summed E-state index contributed by atoms with van der Waals surface area (Å²) in [6.07, 6.45) is -15.0. The van der Waals surface area contributed by atoms with Crippen molar-refractivity contribution >= 4 is 5.78 Å². The summed E-state index contributed by atoms with van der Waals surface area (Å²) in [6.45, 7) is -1.33. The van der Waals surface area contributed by atoms with Gasteiger partial charge >= 0.3 is 0 Å². The number of benzene rings is 1. The molecule has 0 amide bonds. The molecule has 2 fully saturated rings. The van der Waals surface area contributed by atoms with Gasteiger partial charge in [-0.3, -0.25) is 4.79 Å². The maximum atomic E-state index is 12.4. The first kappa shape index (κ1) is 24.1. The van der Waals surface area contributed by atoms with E-state index in [1.165, 1.54) is 0 Å². The topological polar surface area (TPSA) is 186 Å². The minimum absolute atomic E-state index is 0.258. The maximum absolute atomic E-state index is 12.4. The molecule has 174 valence electrons. The quantitative estimate of drug-likeness (QED) is 0.212. The third-order valence-corrected chi connectivity index (χ3v) is 5.59. The van der Waals surface area contributed by atoms with Gasteiger partial charge < -0.3 is 50.0 Å². The van der Waals surface area contributed by atoms with Crippen LogP contribution in [0.4, 0.5) is 0 Å². The summed E-state index contributed by atoms with van der Waals surface area (Å²) in [5.41, 5.74) is 0.396. The minimum atomic E-state index is -1.74. The number of hydrogen-bond donors (Lipinski definition) is 7. The van der Waals surface area contributed by atoms with Crippen molar-refractivity contribution in [2.24, 2.45) is 0 Å². The summed E-state index contributed by atoms with van der Waals surface area (Å²) in [4.78, 5) is 12.4. The van der Waals surface area contributed by atoms with E-state index in [1.807, 2.05) is 0 Å². The van der Waals surface area contributed by atoms with Crippen LogP contribution in [0.25, 0.3) is 0 Å². The van der Waals surface area contributed by atoms with Crippen molar-refractivity contribution in [3.63, 3.8) is 0 Å². The Balaban J connectivity index is 1.70. The van der Waals surface area contributed by atoms with Gasteiger partial charge in [-0.2, -0.15) is 0 Å². The Hall–Kier alpha value is -1.51. The standard InChI is InChI=1S/C20H28O11/c21-7-12-15(25)16(26)18(28)20(30-12)31-19-13(8-22)29-11(14(24)17(19)27)6-10(23)9-4-2-1-3-5-9/h1-5,11-22,24-28H,6-8H2/t11-,12+,13+,14-,15+,16-,17+,18+,19+,20+/m0/s1. The summed E-state index contributed by atoms with van der Waals surface area (Å²) < 4.78 is 16.3. The van der Waals surface area contributed by atoms with Crippen molar-refractivity contribution in [3.8, 4) is 0 Å². The van der Waals surface area contributed by atoms with E-state index in [2.05, 4.69) is 0 Å². The number of rotatable bonds is 7. The monoisotopic (exact) mass is 444 g/mol. The van der Waals surface area contributed by atoms with Gasteiger partial charge in [0.1, 0.15) is 48.8 Å². The van der Waals surface area contributed by atoms with Gasteiger partial charge in [0.05, 0.1) is 19.3 Å². The van der Waals surface area contributed by atoms with Crippen LogP contribution >= 0.6 is 0 Å². The Morgan fingerprint density at radius 1 is 0.774 bits per heavy atom. The minimum Gasteiger partial charge on any atom is -0.394 e. The van der Waals surface area contributed by atoms with Gasteiger partial charge in [-0.25, -0.2) is 0 Å². The highest BCUT2D eigenvalue weighted by Gasteiger charge is 2.50. The van der Waals surface area contributed by atoms with Gasteiger partial charge in [0.2, 0.25) is 0 Å². The van der Waals surface area contributed by atoms with Crippen molar-refractivity contribution in [3.05, 3.63) is 35.9 Å². The molecule has 11 nitrogen and oxygen atoms in total. The molecule has 1 aromatic rings. The Labute approximate surface area is 178 Å². The molecular weight excluding hydrogens is 416 g/mol. The molecule has 2 aliphatic heterocycles. The summed E-state index contributed by atoms with van der Waals surface area (Å²) in [6, 6.07) is 8.31. The van der Waals surface area contributed by atoms with Gasteiger partial charge in [0.15, 0.2) is 12.1 Å². The molecule has 1 aromatic carbocycles. The lowest BCUT2D eigenvalue weighted by Gasteiger charge is -2.46. The first-order valence-electron chi connectivity index (χ1n) is 9.95. The molecule has 0 bridgehead atoms. The van der Waals surface area contributed by atoms with Crippen LogP contribution in [0, 0.1) is 0 Å². The van der Waals surface area contributed by atoms with E-state index in [1.54, 1.807) is 30.3 Å². The summed E-state index contributed by atoms with van der Waals surface area (Å²) in [5.74, 6) is -0.332.